The van der Waals surface area contributed by atoms with Gasteiger partial charge in [0.2, 0.25) is 5.91 Å². The molecule has 0 aliphatic carbocycles. The van der Waals surface area contributed by atoms with E-state index in [1.54, 1.807) is 11.4 Å². The average molecular weight is 453 g/mol. The Kier molecular flexibility index (Phi) is 5.16. The highest BCUT2D eigenvalue weighted by molar-refractivity contribution is 7.14. The second-order valence-corrected chi connectivity index (χ2v) is 7.40. The van der Waals surface area contributed by atoms with Crippen molar-refractivity contribution in [2.45, 2.75) is 0 Å². The van der Waals surface area contributed by atoms with Crippen molar-refractivity contribution in [2.75, 3.05) is 11.9 Å². The number of nitrogens with one attached hydrogen (secondary N) is 1. The van der Waals surface area contributed by atoms with E-state index >= 15 is 0 Å². The number of aromatic nitrogens is 1. The third-order valence-electron chi connectivity index (χ3n) is 4.58. The average Bonchev–Trinajstić information content (AvgIpc) is 3.32. The number of nitrogens with zero attached hydrogens (tertiary/aromatic N) is 4. The fraction of sp³-hybridized carbons (Fsp3) is 0.0526. The number of rotatable bonds is 6. The van der Waals surface area contributed by atoms with Gasteiger partial charge in [-0.1, -0.05) is 18.2 Å². The van der Waals surface area contributed by atoms with Crippen LogP contribution in [-0.4, -0.2) is 44.0 Å². The lowest BCUT2D eigenvalue weighted by atomic mass is 10.1. The largest absolute Gasteiger partial charge is 0.300 e. The Balaban J connectivity index is 1.48. The van der Waals surface area contributed by atoms with E-state index in [0.717, 1.165) is 17.4 Å². The Morgan fingerprint density at radius 3 is 2.53 bits per heavy atom. The van der Waals surface area contributed by atoms with Gasteiger partial charge in [0.25, 0.3) is 23.2 Å². The molecule has 0 saturated carbocycles. The number of carbonyl (C=O) groups is 3. The number of fused-ring (bicyclic) bond motifs is 1. The zero-order chi connectivity index (χ0) is 23.0. The van der Waals surface area contributed by atoms with E-state index in [1.807, 2.05) is 0 Å². The van der Waals surface area contributed by atoms with E-state index in [-0.39, 0.29) is 21.9 Å². The van der Waals surface area contributed by atoms with Crippen LogP contribution in [0.5, 0.6) is 0 Å². The Bertz CT molecular complexity index is 1320. The van der Waals surface area contributed by atoms with E-state index in [1.165, 1.54) is 30.3 Å². The van der Waals surface area contributed by atoms with Gasteiger partial charge in [-0.3, -0.25) is 39.5 Å². The fourth-order valence-corrected chi connectivity index (χ4v) is 3.89. The van der Waals surface area contributed by atoms with Crippen molar-refractivity contribution in [1.82, 2.24) is 9.88 Å². The summed E-state index contributed by atoms with van der Waals surface area (Å²) < 4.78 is 0. The van der Waals surface area contributed by atoms with Crippen LogP contribution in [0, 0.1) is 20.2 Å². The minimum atomic E-state index is -0.927. The molecule has 12 nitrogen and oxygen atoms in total. The zero-order valence-electron chi connectivity index (χ0n) is 15.9. The Morgan fingerprint density at radius 1 is 1.06 bits per heavy atom. The number of benzene rings is 2. The van der Waals surface area contributed by atoms with Crippen molar-refractivity contribution in [3.8, 4) is 11.3 Å². The maximum Gasteiger partial charge on any atom is 0.282 e. The van der Waals surface area contributed by atoms with Gasteiger partial charge < -0.3 is 5.32 Å². The summed E-state index contributed by atoms with van der Waals surface area (Å²) in [6, 6.07) is 9.49. The first kappa shape index (κ1) is 20.7. The summed E-state index contributed by atoms with van der Waals surface area (Å²) in [5, 5.41) is 26.3. The van der Waals surface area contributed by atoms with Crippen molar-refractivity contribution in [2.24, 2.45) is 0 Å². The first-order chi connectivity index (χ1) is 15.3. The highest BCUT2D eigenvalue weighted by Gasteiger charge is 2.41. The lowest BCUT2D eigenvalue weighted by Crippen LogP contribution is -2.37. The Morgan fingerprint density at radius 2 is 1.81 bits per heavy atom. The van der Waals surface area contributed by atoms with E-state index in [0.29, 0.717) is 16.2 Å². The van der Waals surface area contributed by atoms with Crippen molar-refractivity contribution in [3.05, 3.63) is 79.2 Å². The SMILES string of the molecule is O=C(CN1C(=O)c2cccc([N+](=O)[O-])c2C1=O)Nc1nc(-c2cccc([N+](=O)[O-])c2)cs1. The van der Waals surface area contributed by atoms with Crippen LogP contribution in [0.3, 0.4) is 0 Å². The van der Waals surface area contributed by atoms with Gasteiger partial charge in [0.05, 0.1) is 21.1 Å². The number of hydrogen-bond donors (Lipinski definition) is 1. The van der Waals surface area contributed by atoms with Gasteiger partial charge in [-0.25, -0.2) is 4.98 Å². The number of imide groups is 1. The molecule has 0 radical (unpaired) electrons. The molecular formula is C19H11N5O7S. The summed E-state index contributed by atoms with van der Waals surface area (Å²) in [4.78, 5) is 63.0. The van der Waals surface area contributed by atoms with Crippen molar-refractivity contribution < 1.29 is 24.2 Å². The summed E-state index contributed by atoms with van der Waals surface area (Å²) in [6.45, 7) is -0.658. The van der Waals surface area contributed by atoms with Gasteiger partial charge in [0.1, 0.15) is 12.1 Å². The molecular weight excluding hydrogens is 442 g/mol. The Labute approximate surface area is 182 Å². The highest BCUT2D eigenvalue weighted by atomic mass is 32.1. The zero-order valence-corrected chi connectivity index (χ0v) is 16.7. The second-order valence-electron chi connectivity index (χ2n) is 6.55. The lowest BCUT2D eigenvalue weighted by Gasteiger charge is -2.12. The minimum Gasteiger partial charge on any atom is -0.300 e. The molecule has 0 fully saturated rings. The molecule has 1 aromatic heterocycles. The summed E-state index contributed by atoms with van der Waals surface area (Å²) in [5.41, 5.74) is -0.239. The molecule has 0 saturated heterocycles. The topological polar surface area (TPSA) is 166 Å². The number of amides is 3. The molecule has 0 atom stereocenters. The fourth-order valence-electron chi connectivity index (χ4n) is 3.16. The molecule has 1 N–H and O–H groups in total. The van der Waals surface area contributed by atoms with Crippen LogP contribution in [0.1, 0.15) is 20.7 Å². The molecule has 3 aromatic rings. The van der Waals surface area contributed by atoms with Crippen molar-refractivity contribution in [3.63, 3.8) is 0 Å². The summed E-state index contributed by atoms with van der Waals surface area (Å²) >= 11 is 1.05. The molecule has 32 heavy (non-hydrogen) atoms. The van der Waals surface area contributed by atoms with Crippen LogP contribution < -0.4 is 5.32 Å². The summed E-state index contributed by atoms with van der Waals surface area (Å²) in [6.07, 6.45) is 0. The highest BCUT2D eigenvalue weighted by Crippen LogP contribution is 2.31. The standard InChI is InChI=1S/C19H11N5O7S/c25-15(8-22-17(26)12-5-2-6-14(24(30)31)16(12)18(22)27)21-19-20-13(9-32-19)10-3-1-4-11(7-10)23(28)29/h1-7,9H,8H2,(H,20,21,25). The molecule has 3 amide bonds. The molecule has 0 unspecified atom stereocenters. The molecule has 4 rings (SSSR count). The molecule has 1 aliphatic rings. The first-order valence-corrected chi connectivity index (χ1v) is 9.78. The third-order valence-corrected chi connectivity index (χ3v) is 5.34. The van der Waals surface area contributed by atoms with Gasteiger partial charge >= 0.3 is 0 Å². The number of thiazole rings is 1. The van der Waals surface area contributed by atoms with Crippen LogP contribution in [-0.2, 0) is 4.79 Å². The second kappa shape index (κ2) is 7.96. The molecule has 160 valence electrons. The number of carbonyl (C=O) groups excluding carboxylic acids is 3. The quantitative estimate of drug-likeness (QED) is 0.338. The molecule has 13 heteroatoms. The predicted molar refractivity (Wildman–Crippen MR) is 111 cm³/mol. The third kappa shape index (κ3) is 3.67. The van der Waals surface area contributed by atoms with E-state index in [4.69, 9.17) is 0 Å². The molecule has 1 aliphatic heterocycles. The van der Waals surface area contributed by atoms with Crippen LogP contribution >= 0.6 is 11.3 Å². The van der Waals surface area contributed by atoms with E-state index in [9.17, 15) is 34.6 Å². The number of nitro groups is 2. The first-order valence-electron chi connectivity index (χ1n) is 8.90. The summed E-state index contributed by atoms with van der Waals surface area (Å²) in [5.74, 6) is -2.47. The van der Waals surface area contributed by atoms with Crippen molar-refractivity contribution in [1.29, 1.82) is 0 Å². The number of nitro benzene ring substituents is 2. The number of non-ortho nitro benzene ring substituents is 1. The van der Waals surface area contributed by atoms with Gasteiger partial charge in [0.15, 0.2) is 5.13 Å². The Hall–Kier alpha value is -4.52. The normalized spacial score (nSPS) is 12.6. The molecule has 2 heterocycles. The van der Waals surface area contributed by atoms with Gasteiger partial charge in [-0.05, 0) is 6.07 Å². The van der Waals surface area contributed by atoms with Crippen LogP contribution in [0.4, 0.5) is 16.5 Å². The van der Waals surface area contributed by atoms with Crippen LogP contribution in [0.2, 0.25) is 0 Å². The molecule has 2 aromatic carbocycles. The van der Waals surface area contributed by atoms with Gasteiger partial charge in [-0.2, -0.15) is 0 Å². The maximum atomic E-state index is 12.5. The lowest BCUT2D eigenvalue weighted by molar-refractivity contribution is -0.385. The van der Waals surface area contributed by atoms with Crippen molar-refractivity contribution >= 4 is 45.6 Å². The molecule has 0 spiro atoms. The molecule has 0 bridgehead atoms. The smallest absolute Gasteiger partial charge is 0.282 e. The monoisotopic (exact) mass is 453 g/mol. The van der Waals surface area contributed by atoms with Crippen LogP contribution in [0.15, 0.2) is 47.8 Å². The van der Waals surface area contributed by atoms with Gasteiger partial charge in [-0.15, -0.1) is 11.3 Å². The van der Waals surface area contributed by atoms with Gasteiger partial charge in [0, 0.05) is 29.1 Å². The van der Waals surface area contributed by atoms with Crippen LogP contribution in [0.25, 0.3) is 11.3 Å². The maximum absolute atomic E-state index is 12.5. The van der Waals surface area contributed by atoms with E-state index < -0.39 is 39.8 Å². The van der Waals surface area contributed by atoms with E-state index in [2.05, 4.69) is 10.3 Å². The minimum absolute atomic E-state index is 0.110. The number of hydrogen-bond acceptors (Lipinski definition) is 9. The summed E-state index contributed by atoms with van der Waals surface area (Å²) in [7, 11) is 0. The number of anilines is 1. The predicted octanol–water partition coefficient (Wildman–Crippen LogP) is 2.86.